The van der Waals surface area contributed by atoms with Gasteiger partial charge in [0.1, 0.15) is 12.4 Å². The van der Waals surface area contributed by atoms with Crippen molar-refractivity contribution in [1.82, 2.24) is 10.4 Å². The van der Waals surface area contributed by atoms with Gasteiger partial charge in [-0.25, -0.2) is 10.4 Å². The number of ether oxygens (including phenoxy) is 1. The Balaban J connectivity index is 1.30. The highest BCUT2D eigenvalue weighted by Gasteiger charge is 2.30. The van der Waals surface area contributed by atoms with Gasteiger partial charge in [0.15, 0.2) is 5.13 Å². The highest BCUT2D eigenvalue weighted by Crippen LogP contribution is 2.32. The topological polar surface area (TPSA) is 75.6 Å². The van der Waals surface area contributed by atoms with Crippen LogP contribution in [0.1, 0.15) is 22.4 Å². The highest BCUT2D eigenvalue weighted by molar-refractivity contribution is 14.1. The van der Waals surface area contributed by atoms with Crippen LogP contribution in [0.4, 0.5) is 24.0 Å². The van der Waals surface area contributed by atoms with E-state index in [1.165, 1.54) is 29.7 Å². The SMILES string of the molecule is O=C(Cc1csc(Nc2cccc(C(F)(F)F)c2)n1)N/N=C\c1cc(I)c(OCc2ccc(Cl)cc2Cl)c(I)c1. The van der Waals surface area contributed by atoms with Gasteiger partial charge in [-0.3, -0.25) is 4.79 Å². The summed E-state index contributed by atoms with van der Waals surface area (Å²) >= 11 is 17.7. The molecule has 4 rings (SSSR count). The zero-order valence-electron chi connectivity index (χ0n) is 20.0. The Morgan fingerprint density at radius 1 is 1.10 bits per heavy atom. The van der Waals surface area contributed by atoms with E-state index in [1.807, 2.05) is 18.2 Å². The maximum atomic E-state index is 12.9. The van der Waals surface area contributed by atoms with E-state index in [1.54, 1.807) is 17.5 Å². The number of aromatic nitrogens is 1. The molecule has 0 fully saturated rings. The van der Waals surface area contributed by atoms with E-state index < -0.39 is 17.6 Å². The largest absolute Gasteiger partial charge is 0.487 e. The van der Waals surface area contributed by atoms with E-state index in [0.29, 0.717) is 26.6 Å². The molecule has 0 aliphatic carbocycles. The highest BCUT2D eigenvalue weighted by atomic mass is 127. The maximum absolute atomic E-state index is 12.9. The third-order valence-corrected chi connectivity index (χ3v) is 8.14. The summed E-state index contributed by atoms with van der Waals surface area (Å²) in [7, 11) is 0. The second kappa shape index (κ2) is 13.7. The Kier molecular flexibility index (Phi) is 10.5. The molecule has 1 heterocycles. The Bertz CT molecular complexity index is 1540. The van der Waals surface area contributed by atoms with Gasteiger partial charge in [0.2, 0.25) is 5.91 Å². The molecule has 6 nitrogen and oxygen atoms in total. The molecule has 1 aromatic heterocycles. The maximum Gasteiger partial charge on any atom is 0.416 e. The van der Waals surface area contributed by atoms with Crippen LogP contribution in [0.3, 0.4) is 0 Å². The molecule has 0 aliphatic heterocycles. The van der Waals surface area contributed by atoms with Gasteiger partial charge in [-0.2, -0.15) is 18.3 Å². The third kappa shape index (κ3) is 8.68. The summed E-state index contributed by atoms with van der Waals surface area (Å²) in [5.74, 6) is 0.308. The van der Waals surface area contributed by atoms with Crippen LogP contribution in [0, 0.1) is 7.14 Å². The molecule has 0 radical (unpaired) electrons. The smallest absolute Gasteiger partial charge is 0.416 e. The Morgan fingerprint density at radius 2 is 1.85 bits per heavy atom. The normalized spacial score (nSPS) is 11.6. The van der Waals surface area contributed by atoms with E-state index in [9.17, 15) is 18.0 Å². The van der Waals surface area contributed by atoms with Crippen molar-refractivity contribution in [3.05, 3.63) is 99.5 Å². The third-order valence-electron chi connectivity index (χ3n) is 5.15. The zero-order chi connectivity index (χ0) is 28.9. The average Bonchev–Trinajstić information content (AvgIpc) is 3.30. The lowest BCUT2D eigenvalue weighted by atomic mass is 10.2. The molecule has 0 unspecified atom stereocenters. The van der Waals surface area contributed by atoms with Crippen LogP contribution in [0.2, 0.25) is 10.0 Å². The quantitative estimate of drug-likeness (QED) is 0.101. The molecule has 0 bridgehead atoms. The molecule has 0 saturated carbocycles. The molecule has 40 heavy (non-hydrogen) atoms. The predicted molar refractivity (Wildman–Crippen MR) is 169 cm³/mol. The molecule has 0 atom stereocenters. The molecule has 208 valence electrons. The van der Waals surface area contributed by atoms with Crippen molar-refractivity contribution in [3.63, 3.8) is 0 Å². The van der Waals surface area contributed by atoms with E-state index >= 15 is 0 Å². The number of benzene rings is 3. The molecule has 3 aromatic carbocycles. The van der Waals surface area contributed by atoms with E-state index in [0.717, 1.165) is 30.4 Å². The molecular formula is C26H17Cl2F3I2N4O2S. The molecule has 0 aliphatic rings. The summed E-state index contributed by atoms with van der Waals surface area (Å²) in [5, 5.41) is 9.96. The van der Waals surface area contributed by atoms with Crippen molar-refractivity contribution in [2.24, 2.45) is 5.10 Å². The summed E-state index contributed by atoms with van der Waals surface area (Å²) in [6.07, 6.45) is -2.97. The van der Waals surface area contributed by atoms with Crippen LogP contribution in [-0.2, 0) is 24.0 Å². The number of alkyl halides is 3. The van der Waals surface area contributed by atoms with E-state index in [4.69, 9.17) is 27.9 Å². The van der Waals surface area contributed by atoms with E-state index in [-0.39, 0.29) is 18.7 Å². The van der Waals surface area contributed by atoms with Crippen LogP contribution in [-0.4, -0.2) is 17.1 Å². The predicted octanol–water partition coefficient (Wildman–Crippen LogP) is 8.69. The fourth-order valence-electron chi connectivity index (χ4n) is 3.31. The molecular weight excluding hydrogens is 814 g/mol. The van der Waals surface area contributed by atoms with Crippen LogP contribution in [0.25, 0.3) is 0 Å². The van der Waals surface area contributed by atoms with Gasteiger partial charge in [-0.05, 0) is 93.2 Å². The monoisotopic (exact) mass is 830 g/mol. The summed E-state index contributed by atoms with van der Waals surface area (Å²) in [5.41, 5.74) is 3.97. The molecule has 14 heteroatoms. The van der Waals surface area contributed by atoms with Crippen LogP contribution >= 0.6 is 79.7 Å². The molecule has 2 N–H and O–H groups in total. The van der Waals surface area contributed by atoms with Crippen molar-refractivity contribution in [1.29, 1.82) is 0 Å². The summed E-state index contributed by atoms with van der Waals surface area (Å²) in [6.45, 7) is 0.277. The number of halogens is 7. The number of nitrogens with zero attached hydrogens (tertiary/aromatic N) is 2. The second-order valence-corrected chi connectivity index (χ2v) is 12.2. The first-order valence-corrected chi connectivity index (χ1v) is 15.0. The van der Waals surface area contributed by atoms with Crippen molar-refractivity contribution in [3.8, 4) is 5.75 Å². The number of hydrogen-bond acceptors (Lipinski definition) is 6. The Hall–Kier alpha value is -2.14. The van der Waals surface area contributed by atoms with Gasteiger partial charge in [0.05, 0.1) is 31.0 Å². The van der Waals surface area contributed by atoms with Gasteiger partial charge in [-0.1, -0.05) is 35.3 Å². The summed E-state index contributed by atoms with van der Waals surface area (Å²) < 4.78 is 46.5. The lowest BCUT2D eigenvalue weighted by Gasteiger charge is -2.12. The number of nitrogens with one attached hydrogen (secondary N) is 2. The van der Waals surface area contributed by atoms with Crippen LogP contribution < -0.4 is 15.5 Å². The number of hydrazone groups is 1. The average molecular weight is 831 g/mol. The van der Waals surface area contributed by atoms with Gasteiger partial charge in [0.25, 0.3) is 0 Å². The zero-order valence-corrected chi connectivity index (χ0v) is 26.7. The van der Waals surface area contributed by atoms with Gasteiger partial charge >= 0.3 is 6.18 Å². The minimum atomic E-state index is -4.44. The minimum absolute atomic E-state index is 0.0484. The lowest BCUT2D eigenvalue weighted by Crippen LogP contribution is -2.20. The van der Waals surface area contributed by atoms with Crippen LogP contribution in [0.5, 0.6) is 5.75 Å². The van der Waals surface area contributed by atoms with Gasteiger partial charge in [-0.15, -0.1) is 11.3 Å². The molecule has 4 aromatic rings. The van der Waals surface area contributed by atoms with Crippen LogP contribution in [0.15, 0.2) is 65.1 Å². The Labute approximate surface area is 268 Å². The fraction of sp³-hybridized carbons (Fsp3) is 0.115. The van der Waals surface area contributed by atoms with Crippen molar-refractivity contribution in [2.75, 3.05) is 5.32 Å². The van der Waals surface area contributed by atoms with Gasteiger partial charge < -0.3 is 10.1 Å². The van der Waals surface area contributed by atoms with Crippen molar-refractivity contribution >= 4 is 103 Å². The molecule has 0 spiro atoms. The van der Waals surface area contributed by atoms with Crippen molar-refractivity contribution in [2.45, 2.75) is 19.2 Å². The first-order valence-electron chi connectivity index (χ1n) is 11.2. The number of anilines is 2. The van der Waals surface area contributed by atoms with E-state index in [2.05, 4.69) is 66.0 Å². The first-order chi connectivity index (χ1) is 19.0. The Morgan fingerprint density at radius 3 is 2.55 bits per heavy atom. The lowest BCUT2D eigenvalue weighted by molar-refractivity contribution is -0.137. The second-order valence-electron chi connectivity index (χ2n) is 8.16. The number of carbonyl (C=O) groups is 1. The minimum Gasteiger partial charge on any atom is -0.487 e. The number of carbonyl (C=O) groups excluding carboxylic acids is 1. The van der Waals surface area contributed by atoms with Gasteiger partial charge in [0, 0.05) is 26.7 Å². The molecule has 0 saturated heterocycles. The summed E-state index contributed by atoms with van der Waals surface area (Å²) in [6, 6.07) is 13.8. The molecule has 1 amide bonds. The summed E-state index contributed by atoms with van der Waals surface area (Å²) in [4.78, 5) is 16.6. The number of rotatable bonds is 9. The first kappa shape index (κ1) is 30.8. The number of amides is 1. The van der Waals surface area contributed by atoms with Crippen molar-refractivity contribution < 1.29 is 22.7 Å². The number of thiazole rings is 1. The fourth-order valence-corrected chi connectivity index (χ4v) is 6.63. The number of hydrogen-bond donors (Lipinski definition) is 2. The standard InChI is InChI=1S/C26H17Cl2F3I2N4O2S/c27-17-5-4-15(20(28)9-17)12-39-24-21(32)6-14(7-22(24)33)11-34-37-23(38)10-19-13-40-25(36-19)35-18-3-1-2-16(8-18)26(29,30)31/h1-9,11,13H,10,12H2,(H,35,36)(H,37,38)/b34-11-.